The van der Waals surface area contributed by atoms with Gasteiger partial charge in [0.05, 0.1) is 12.3 Å². The second-order valence-electron chi connectivity index (χ2n) is 4.16. The molecule has 4 nitrogen and oxygen atoms in total. The highest BCUT2D eigenvalue weighted by molar-refractivity contribution is 7.07. The van der Waals surface area contributed by atoms with Crippen LogP contribution in [0.15, 0.2) is 16.8 Å². The predicted molar refractivity (Wildman–Crippen MR) is 70.3 cm³/mol. The highest BCUT2D eigenvalue weighted by Gasteiger charge is 2.16. The number of aliphatic hydroxyl groups is 1. The van der Waals surface area contributed by atoms with E-state index in [0.717, 1.165) is 23.6 Å². The van der Waals surface area contributed by atoms with Gasteiger partial charge in [-0.05, 0) is 29.3 Å². The van der Waals surface area contributed by atoms with Gasteiger partial charge < -0.3 is 10.0 Å². The Bertz CT molecular complexity index is 490. The number of aryl methyl sites for hydroxylation is 2. The van der Waals surface area contributed by atoms with Gasteiger partial charge in [0.2, 0.25) is 0 Å². The third-order valence-electron chi connectivity index (χ3n) is 2.83. The normalized spacial score (nSPS) is 10.8. The fourth-order valence-corrected chi connectivity index (χ4v) is 2.74. The van der Waals surface area contributed by atoms with Gasteiger partial charge in [-0.3, -0.25) is 4.68 Å². The Balaban J connectivity index is 2.27. The van der Waals surface area contributed by atoms with Crippen molar-refractivity contribution in [1.29, 1.82) is 0 Å². The van der Waals surface area contributed by atoms with Gasteiger partial charge in [-0.25, -0.2) is 0 Å². The summed E-state index contributed by atoms with van der Waals surface area (Å²) in [5.41, 5.74) is 3.08. The van der Waals surface area contributed by atoms with Gasteiger partial charge in [0, 0.05) is 26.2 Å². The molecule has 0 saturated carbocycles. The first-order chi connectivity index (χ1) is 8.13. The number of aromatic nitrogens is 2. The van der Waals surface area contributed by atoms with Crippen molar-refractivity contribution in [3.63, 3.8) is 0 Å². The van der Waals surface area contributed by atoms with Crippen molar-refractivity contribution in [2.75, 3.05) is 11.9 Å². The lowest BCUT2D eigenvalue weighted by atomic mass is 10.2. The van der Waals surface area contributed by atoms with Crippen LogP contribution in [-0.4, -0.2) is 21.9 Å². The first kappa shape index (κ1) is 12.1. The van der Waals surface area contributed by atoms with Crippen molar-refractivity contribution in [3.8, 4) is 0 Å². The molecule has 0 fully saturated rings. The molecule has 0 spiro atoms. The number of hydrogen-bond donors (Lipinski definition) is 1. The third kappa shape index (κ3) is 2.35. The minimum atomic E-state index is 0.0307. The van der Waals surface area contributed by atoms with E-state index in [1.807, 2.05) is 25.7 Å². The van der Waals surface area contributed by atoms with Crippen LogP contribution in [0.2, 0.25) is 0 Å². The van der Waals surface area contributed by atoms with Gasteiger partial charge in [-0.2, -0.15) is 16.4 Å². The average Bonchev–Trinajstić information content (AvgIpc) is 2.85. The van der Waals surface area contributed by atoms with Crippen LogP contribution >= 0.6 is 11.3 Å². The highest BCUT2D eigenvalue weighted by Crippen LogP contribution is 2.23. The molecule has 5 heteroatoms. The van der Waals surface area contributed by atoms with Crippen LogP contribution in [0.1, 0.15) is 16.8 Å². The number of nitrogens with zero attached hydrogens (tertiary/aromatic N) is 3. The molecule has 1 N–H and O–H groups in total. The molecule has 0 saturated heterocycles. The van der Waals surface area contributed by atoms with Gasteiger partial charge in [-0.1, -0.05) is 0 Å². The van der Waals surface area contributed by atoms with E-state index in [1.54, 1.807) is 11.3 Å². The monoisotopic (exact) mass is 251 g/mol. The van der Waals surface area contributed by atoms with Crippen molar-refractivity contribution in [1.82, 2.24) is 9.78 Å². The maximum absolute atomic E-state index is 9.41. The standard InChI is InChI=1S/C12H17N3OS/c1-9-11(7-16)12(15(3)13-9)14(2)6-10-4-5-17-8-10/h4-5,8,16H,6-7H2,1-3H3. The van der Waals surface area contributed by atoms with Crippen LogP contribution in [0.5, 0.6) is 0 Å². The first-order valence-corrected chi connectivity index (χ1v) is 6.43. The zero-order chi connectivity index (χ0) is 12.4. The topological polar surface area (TPSA) is 41.3 Å². The molecule has 0 unspecified atom stereocenters. The average molecular weight is 251 g/mol. The molecule has 0 amide bonds. The van der Waals surface area contributed by atoms with E-state index >= 15 is 0 Å². The van der Waals surface area contributed by atoms with E-state index in [4.69, 9.17) is 0 Å². The lowest BCUT2D eigenvalue weighted by Crippen LogP contribution is -2.20. The molecule has 2 aromatic heterocycles. The quantitative estimate of drug-likeness (QED) is 0.902. The second kappa shape index (κ2) is 4.89. The van der Waals surface area contributed by atoms with Gasteiger partial charge in [0.1, 0.15) is 5.82 Å². The summed E-state index contributed by atoms with van der Waals surface area (Å²) >= 11 is 1.70. The van der Waals surface area contributed by atoms with Crippen molar-refractivity contribution >= 4 is 17.2 Å². The molecule has 0 atom stereocenters. The Labute approximate surface area is 105 Å². The number of anilines is 1. The van der Waals surface area contributed by atoms with Crippen molar-refractivity contribution < 1.29 is 5.11 Å². The minimum absolute atomic E-state index is 0.0307. The summed E-state index contributed by atoms with van der Waals surface area (Å²) in [5.74, 6) is 0.983. The number of hydrogen-bond acceptors (Lipinski definition) is 4. The molecule has 2 rings (SSSR count). The summed E-state index contributed by atoms with van der Waals surface area (Å²) in [5, 5.41) is 18.0. The Morgan fingerprint density at radius 1 is 1.53 bits per heavy atom. The number of aliphatic hydroxyl groups excluding tert-OH is 1. The number of rotatable bonds is 4. The van der Waals surface area contributed by atoms with Crippen LogP contribution in [0.3, 0.4) is 0 Å². The molecule has 0 radical (unpaired) electrons. The maximum atomic E-state index is 9.41. The van der Waals surface area contributed by atoms with Crippen molar-refractivity contribution in [2.45, 2.75) is 20.1 Å². The molecule has 2 heterocycles. The van der Waals surface area contributed by atoms with Gasteiger partial charge >= 0.3 is 0 Å². The molecule has 92 valence electrons. The minimum Gasteiger partial charge on any atom is -0.391 e. The van der Waals surface area contributed by atoms with E-state index in [2.05, 4.69) is 26.8 Å². The van der Waals surface area contributed by atoms with Crippen LogP contribution in [0.4, 0.5) is 5.82 Å². The molecule has 0 aliphatic heterocycles. The van der Waals surface area contributed by atoms with E-state index in [-0.39, 0.29) is 6.61 Å². The summed E-state index contributed by atoms with van der Waals surface area (Å²) in [7, 11) is 3.93. The Kier molecular flexibility index (Phi) is 3.49. The molecule has 0 bridgehead atoms. The first-order valence-electron chi connectivity index (χ1n) is 5.49. The Hall–Kier alpha value is -1.33. The highest BCUT2D eigenvalue weighted by atomic mass is 32.1. The summed E-state index contributed by atoms with van der Waals surface area (Å²) in [4.78, 5) is 2.12. The smallest absolute Gasteiger partial charge is 0.132 e. The predicted octanol–water partition coefficient (Wildman–Crippen LogP) is 1.92. The van der Waals surface area contributed by atoms with E-state index in [9.17, 15) is 5.11 Å². The van der Waals surface area contributed by atoms with Crippen molar-refractivity contribution in [2.24, 2.45) is 7.05 Å². The Morgan fingerprint density at radius 2 is 2.29 bits per heavy atom. The van der Waals surface area contributed by atoms with Crippen LogP contribution in [0, 0.1) is 6.92 Å². The largest absolute Gasteiger partial charge is 0.391 e. The van der Waals surface area contributed by atoms with Crippen molar-refractivity contribution in [3.05, 3.63) is 33.6 Å². The van der Waals surface area contributed by atoms with Gasteiger partial charge in [0.25, 0.3) is 0 Å². The van der Waals surface area contributed by atoms with Crippen LogP contribution < -0.4 is 4.90 Å². The molecular weight excluding hydrogens is 234 g/mol. The second-order valence-corrected chi connectivity index (χ2v) is 4.94. The zero-order valence-corrected chi connectivity index (χ0v) is 11.2. The molecule has 17 heavy (non-hydrogen) atoms. The zero-order valence-electron chi connectivity index (χ0n) is 10.3. The maximum Gasteiger partial charge on any atom is 0.132 e. The lowest BCUT2D eigenvalue weighted by molar-refractivity contribution is 0.281. The Morgan fingerprint density at radius 3 is 2.88 bits per heavy atom. The fourth-order valence-electron chi connectivity index (χ4n) is 2.08. The summed E-state index contributed by atoms with van der Waals surface area (Å²) in [6, 6.07) is 2.11. The summed E-state index contributed by atoms with van der Waals surface area (Å²) < 4.78 is 1.83. The van der Waals surface area contributed by atoms with Crippen LogP contribution in [-0.2, 0) is 20.2 Å². The van der Waals surface area contributed by atoms with E-state index in [1.165, 1.54) is 5.56 Å². The summed E-state index contributed by atoms with van der Waals surface area (Å²) in [6.45, 7) is 2.78. The molecule has 0 aliphatic carbocycles. The van der Waals surface area contributed by atoms with E-state index < -0.39 is 0 Å². The number of thiophene rings is 1. The molecular formula is C12H17N3OS. The summed E-state index contributed by atoms with van der Waals surface area (Å²) in [6.07, 6.45) is 0. The van der Waals surface area contributed by atoms with Gasteiger partial charge in [0.15, 0.2) is 0 Å². The lowest BCUT2D eigenvalue weighted by Gasteiger charge is -2.20. The molecule has 0 aromatic carbocycles. The van der Waals surface area contributed by atoms with Gasteiger partial charge in [-0.15, -0.1) is 0 Å². The molecule has 0 aliphatic rings. The third-order valence-corrected chi connectivity index (χ3v) is 3.56. The van der Waals surface area contributed by atoms with E-state index in [0.29, 0.717) is 0 Å². The fraction of sp³-hybridized carbons (Fsp3) is 0.417. The molecule has 2 aromatic rings. The van der Waals surface area contributed by atoms with Crippen LogP contribution in [0.25, 0.3) is 0 Å². The SMILES string of the molecule is Cc1nn(C)c(N(C)Cc2ccsc2)c1CO.